The van der Waals surface area contributed by atoms with Crippen molar-refractivity contribution in [2.75, 3.05) is 6.54 Å². The lowest BCUT2D eigenvalue weighted by molar-refractivity contribution is -0.126. The molecule has 0 radical (unpaired) electrons. The lowest BCUT2D eigenvalue weighted by Gasteiger charge is -2.17. The summed E-state index contributed by atoms with van der Waals surface area (Å²) < 4.78 is 1.89. The largest absolute Gasteiger partial charge is 0.352 e. The highest BCUT2D eigenvalue weighted by atomic mass is 16.1. The average Bonchev–Trinajstić information content (AvgIpc) is 3.25. The van der Waals surface area contributed by atoms with Gasteiger partial charge >= 0.3 is 0 Å². The molecule has 23 heavy (non-hydrogen) atoms. The number of aromatic nitrogens is 2. The van der Waals surface area contributed by atoms with Crippen molar-refractivity contribution in [3.63, 3.8) is 0 Å². The summed E-state index contributed by atoms with van der Waals surface area (Å²) in [5.74, 6) is 0.601. The molecule has 1 aromatic heterocycles. The molecule has 0 spiro atoms. The van der Waals surface area contributed by atoms with Crippen LogP contribution in [0.2, 0.25) is 0 Å². The van der Waals surface area contributed by atoms with Gasteiger partial charge in [0.2, 0.25) is 5.91 Å². The van der Waals surface area contributed by atoms with E-state index in [1.807, 2.05) is 16.9 Å². The normalized spacial score (nSPS) is 20.6. The fourth-order valence-corrected chi connectivity index (χ4v) is 3.33. The van der Waals surface area contributed by atoms with Crippen LogP contribution in [0.1, 0.15) is 30.4 Å². The van der Waals surface area contributed by atoms with E-state index in [2.05, 4.69) is 34.7 Å². The van der Waals surface area contributed by atoms with Crippen LogP contribution < -0.4 is 11.1 Å². The molecule has 0 unspecified atom stereocenters. The van der Waals surface area contributed by atoms with Crippen molar-refractivity contribution in [2.24, 2.45) is 17.6 Å². The first-order valence-corrected chi connectivity index (χ1v) is 8.29. The molecule has 3 rings (SSSR count). The second kappa shape index (κ2) is 7.42. The minimum atomic E-state index is 0.0964. The molecule has 5 nitrogen and oxygen atoms in total. The number of hydrogen-bond donors (Lipinski definition) is 2. The van der Waals surface area contributed by atoms with Gasteiger partial charge in [0, 0.05) is 24.9 Å². The maximum atomic E-state index is 12.3. The Morgan fingerprint density at radius 1 is 1.26 bits per heavy atom. The Morgan fingerprint density at radius 3 is 2.74 bits per heavy atom. The number of hydrogen-bond acceptors (Lipinski definition) is 3. The summed E-state index contributed by atoms with van der Waals surface area (Å²) in [6.45, 7) is 1.95. The molecule has 1 aliphatic rings. The van der Waals surface area contributed by atoms with Gasteiger partial charge in [-0.1, -0.05) is 30.7 Å². The van der Waals surface area contributed by atoms with Crippen LogP contribution in [0, 0.1) is 11.8 Å². The number of nitrogens with one attached hydrogen (secondary N) is 1. The summed E-state index contributed by atoms with van der Waals surface area (Å²) in [4.78, 5) is 12.3. The van der Waals surface area contributed by atoms with Crippen LogP contribution in [0.3, 0.4) is 0 Å². The fourth-order valence-electron chi connectivity index (χ4n) is 3.33. The van der Waals surface area contributed by atoms with Gasteiger partial charge in [0.15, 0.2) is 0 Å². The maximum Gasteiger partial charge on any atom is 0.223 e. The number of nitrogens with zero attached hydrogens (tertiary/aromatic N) is 2. The number of benzene rings is 1. The van der Waals surface area contributed by atoms with Crippen molar-refractivity contribution < 1.29 is 4.79 Å². The molecule has 0 bridgehead atoms. The van der Waals surface area contributed by atoms with Crippen LogP contribution in [-0.2, 0) is 17.9 Å². The van der Waals surface area contributed by atoms with Gasteiger partial charge in [-0.15, -0.1) is 0 Å². The van der Waals surface area contributed by atoms with Crippen molar-refractivity contribution in [3.8, 4) is 0 Å². The third-order valence-corrected chi connectivity index (χ3v) is 4.69. The van der Waals surface area contributed by atoms with Gasteiger partial charge in [0.25, 0.3) is 0 Å². The Morgan fingerprint density at radius 2 is 2.04 bits per heavy atom. The van der Waals surface area contributed by atoms with Gasteiger partial charge in [-0.25, -0.2) is 0 Å². The molecule has 1 aromatic carbocycles. The van der Waals surface area contributed by atoms with E-state index in [-0.39, 0.29) is 11.8 Å². The van der Waals surface area contributed by atoms with E-state index >= 15 is 0 Å². The van der Waals surface area contributed by atoms with E-state index in [1.165, 1.54) is 5.56 Å². The van der Waals surface area contributed by atoms with E-state index in [0.29, 0.717) is 19.0 Å². The Balaban J connectivity index is 1.51. The third kappa shape index (κ3) is 3.99. The second-order valence-corrected chi connectivity index (χ2v) is 6.27. The van der Waals surface area contributed by atoms with Crippen LogP contribution in [0.25, 0.3) is 0 Å². The summed E-state index contributed by atoms with van der Waals surface area (Å²) in [5, 5.41) is 7.26. The summed E-state index contributed by atoms with van der Waals surface area (Å²) in [6.07, 6.45) is 6.89. The minimum absolute atomic E-state index is 0.0964. The fraction of sp³-hybridized carbons (Fsp3) is 0.444. The summed E-state index contributed by atoms with van der Waals surface area (Å²) in [6, 6.07) is 10.2. The van der Waals surface area contributed by atoms with Gasteiger partial charge in [-0.3, -0.25) is 9.48 Å². The van der Waals surface area contributed by atoms with Crippen molar-refractivity contribution in [3.05, 3.63) is 53.9 Å². The molecule has 1 aliphatic carbocycles. The van der Waals surface area contributed by atoms with Gasteiger partial charge in [0.05, 0.1) is 6.54 Å². The molecule has 122 valence electrons. The van der Waals surface area contributed by atoms with Gasteiger partial charge < -0.3 is 11.1 Å². The van der Waals surface area contributed by atoms with E-state index < -0.39 is 0 Å². The second-order valence-electron chi connectivity index (χ2n) is 6.27. The lowest BCUT2D eigenvalue weighted by atomic mass is 9.95. The molecule has 2 atom stereocenters. The SMILES string of the molecule is NC[C@H]1CCC[C@H]1C(=O)NCc1ccc(Cn2cccn2)cc1. The highest BCUT2D eigenvalue weighted by Crippen LogP contribution is 2.30. The van der Waals surface area contributed by atoms with E-state index in [0.717, 1.165) is 31.4 Å². The highest BCUT2D eigenvalue weighted by Gasteiger charge is 2.31. The van der Waals surface area contributed by atoms with Crippen LogP contribution in [-0.4, -0.2) is 22.2 Å². The minimum Gasteiger partial charge on any atom is -0.352 e. The monoisotopic (exact) mass is 312 g/mol. The molecule has 1 amide bonds. The summed E-state index contributed by atoms with van der Waals surface area (Å²) in [7, 11) is 0. The molecule has 3 N–H and O–H groups in total. The zero-order chi connectivity index (χ0) is 16.1. The summed E-state index contributed by atoms with van der Waals surface area (Å²) in [5.41, 5.74) is 8.07. The Bertz CT molecular complexity index is 621. The first kappa shape index (κ1) is 15.7. The number of rotatable bonds is 6. The zero-order valence-electron chi connectivity index (χ0n) is 13.3. The average molecular weight is 312 g/mol. The Hall–Kier alpha value is -2.14. The maximum absolute atomic E-state index is 12.3. The summed E-state index contributed by atoms with van der Waals surface area (Å²) >= 11 is 0. The first-order valence-electron chi connectivity index (χ1n) is 8.29. The highest BCUT2D eigenvalue weighted by molar-refractivity contribution is 5.79. The predicted molar refractivity (Wildman–Crippen MR) is 89.5 cm³/mol. The molecule has 1 saturated carbocycles. The smallest absolute Gasteiger partial charge is 0.223 e. The van der Waals surface area contributed by atoms with Crippen molar-refractivity contribution in [2.45, 2.75) is 32.4 Å². The van der Waals surface area contributed by atoms with Crippen molar-refractivity contribution >= 4 is 5.91 Å². The molecule has 0 saturated heterocycles. The van der Waals surface area contributed by atoms with Crippen LogP contribution in [0.15, 0.2) is 42.7 Å². The van der Waals surface area contributed by atoms with E-state index in [4.69, 9.17) is 5.73 Å². The number of carbonyl (C=O) groups excluding carboxylic acids is 1. The van der Waals surface area contributed by atoms with Crippen molar-refractivity contribution in [1.29, 1.82) is 0 Å². The van der Waals surface area contributed by atoms with Crippen LogP contribution in [0.5, 0.6) is 0 Å². The topological polar surface area (TPSA) is 72.9 Å². The number of carbonyl (C=O) groups is 1. The Kier molecular flexibility index (Phi) is 5.08. The van der Waals surface area contributed by atoms with Gasteiger partial charge in [0.1, 0.15) is 0 Å². The standard InChI is InChI=1S/C18H24N4O/c19-11-16-3-1-4-17(16)18(23)20-12-14-5-7-15(8-6-14)13-22-10-2-9-21-22/h2,5-10,16-17H,1,3-4,11-13,19H2,(H,20,23)/t16-,17-/m1/s1. The zero-order valence-corrected chi connectivity index (χ0v) is 13.3. The molecule has 0 aliphatic heterocycles. The predicted octanol–water partition coefficient (Wildman–Crippen LogP) is 1.92. The van der Waals surface area contributed by atoms with Gasteiger partial charge in [-0.05, 0) is 42.5 Å². The molecular weight excluding hydrogens is 288 g/mol. The van der Waals surface area contributed by atoms with Gasteiger partial charge in [-0.2, -0.15) is 5.10 Å². The molecular formula is C18H24N4O. The van der Waals surface area contributed by atoms with Crippen LogP contribution in [0.4, 0.5) is 0 Å². The van der Waals surface area contributed by atoms with E-state index in [1.54, 1.807) is 6.20 Å². The van der Waals surface area contributed by atoms with Crippen LogP contribution >= 0.6 is 0 Å². The quantitative estimate of drug-likeness (QED) is 0.856. The van der Waals surface area contributed by atoms with E-state index in [9.17, 15) is 4.79 Å². The Labute approximate surface area is 136 Å². The molecule has 2 aromatic rings. The molecule has 1 fully saturated rings. The van der Waals surface area contributed by atoms with Crippen molar-refractivity contribution in [1.82, 2.24) is 15.1 Å². The molecule has 1 heterocycles. The lowest BCUT2D eigenvalue weighted by Crippen LogP contribution is -2.34. The third-order valence-electron chi connectivity index (χ3n) is 4.69. The number of nitrogens with two attached hydrogens (primary N) is 1. The number of amides is 1. The molecule has 5 heteroatoms. The first-order chi connectivity index (χ1) is 11.3.